The molecule has 0 saturated carbocycles. The van der Waals surface area contributed by atoms with E-state index in [1.807, 2.05) is 18.2 Å². The summed E-state index contributed by atoms with van der Waals surface area (Å²) in [7, 11) is 0. The van der Waals surface area contributed by atoms with Crippen molar-refractivity contribution in [2.75, 3.05) is 13.2 Å². The Morgan fingerprint density at radius 1 is 0.816 bits per heavy atom. The predicted molar refractivity (Wildman–Crippen MR) is 150 cm³/mol. The number of carbonyl (C=O) groups is 2. The lowest BCUT2D eigenvalue weighted by molar-refractivity contribution is -0.137. The van der Waals surface area contributed by atoms with E-state index in [2.05, 4.69) is 37.4 Å². The van der Waals surface area contributed by atoms with Gasteiger partial charge in [0.15, 0.2) is 0 Å². The van der Waals surface area contributed by atoms with E-state index in [4.69, 9.17) is 14.2 Å². The maximum Gasteiger partial charge on any atom is 0.343 e. The number of allylic oxidation sites excluding steroid dienone is 2. The van der Waals surface area contributed by atoms with E-state index in [1.165, 1.54) is 22.8 Å². The first kappa shape index (κ1) is 26.7. The van der Waals surface area contributed by atoms with Crippen molar-refractivity contribution >= 4 is 23.6 Å². The molecule has 0 amide bonds. The summed E-state index contributed by atoms with van der Waals surface area (Å²) in [6, 6.07) is 22.8. The van der Waals surface area contributed by atoms with Gasteiger partial charge in [0.05, 0.1) is 18.8 Å². The molecule has 5 heteroatoms. The minimum Gasteiger partial charge on any atom is -0.494 e. The third kappa shape index (κ3) is 7.32. The van der Waals surface area contributed by atoms with Gasteiger partial charge in [-0.25, -0.2) is 9.59 Å². The molecule has 0 heterocycles. The van der Waals surface area contributed by atoms with Gasteiger partial charge in [0.25, 0.3) is 0 Å². The van der Waals surface area contributed by atoms with Crippen LogP contribution in [0.25, 0.3) is 11.6 Å². The lowest BCUT2D eigenvalue weighted by atomic mass is 10.0. The Balaban J connectivity index is 1.20. The Kier molecular flexibility index (Phi) is 9.30. The molecule has 194 valence electrons. The van der Waals surface area contributed by atoms with Gasteiger partial charge >= 0.3 is 11.9 Å². The highest BCUT2D eigenvalue weighted by Crippen LogP contribution is 2.36. The lowest BCUT2D eigenvalue weighted by Crippen LogP contribution is -2.08. The van der Waals surface area contributed by atoms with Gasteiger partial charge in [-0.15, -0.1) is 0 Å². The molecule has 3 aromatic carbocycles. The zero-order valence-corrected chi connectivity index (χ0v) is 21.5. The van der Waals surface area contributed by atoms with Gasteiger partial charge < -0.3 is 14.2 Å². The Morgan fingerprint density at radius 3 is 2.21 bits per heavy atom. The number of unbranched alkanes of at least 4 members (excludes halogenated alkanes) is 3. The Labute approximate surface area is 224 Å². The van der Waals surface area contributed by atoms with E-state index in [1.54, 1.807) is 36.4 Å². The summed E-state index contributed by atoms with van der Waals surface area (Å²) in [5.41, 5.74) is 6.26. The third-order valence-corrected chi connectivity index (χ3v) is 6.35. The highest BCUT2D eigenvalue weighted by molar-refractivity contribution is 5.91. The van der Waals surface area contributed by atoms with E-state index in [0.717, 1.165) is 43.2 Å². The van der Waals surface area contributed by atoms with Crippen LogP contribution in [0.5, 0.6) is 11.5 Å². The molecule has 1 aliphatic rings. The Hall–Kier alpha value is -4.38. The largest absolute Gasteiger partial charge is 0.494 e. The summed E-state index contributed by atoms with van der Waals surface area (Å²) in [5.74, 6) is 0.393. The normalized spacial score (nSPS) is 13.2. The molecule has 38 heavy (non-hydrogen) atoms. The highest BCUT2D eigenvalue weighted by Gasteiger charge is 2.18. The van der Waals surface area contributed by atoms with Crippen molar-refractivity contribution in [3.8, 4) is 11.5 Å². The minimum absolute atomic E-state index is 0.384. The second kappa shape index (κ2) is 13.2. The van der Waals surface area contributed by atoms with Crippen LogP contribution in [-0.4, -0.2) is 25.2 Å². The predicted octanol–water partition coefficient (Wildman–Crippen LogP) is 7.23. The van der Waals surface area contributed by atoms with Crippen molar-refractivity contribution in [1.82, 2.24) is 0 Å². The molecule has 0 aromatic heterocycles. The smallest absolute Gasteiger partial charge is 0.343 e. The van der Waals surface area contributed by atoms with Crippen molar-refractivity contribution in [2.24, 2.45) is 0 Å². The first-order valence-electron chi connectivity index (χ1n) is 12.9. The minimum atomic E-state index is -0.417. The van der Waals surface area contributed by atoms with Gasteiger partial charge in [-0.05, 0) is 96.3 Å². The van der Waals surface area contributed by atoms with Crippen LogP contribution in [-0.2, 0) is 16.0 Å². The SMILES string of the molecule is C=CC(=O)OCCCCCCOc1ccc(C(=O)Oc2ccc(/C=C3\Cc4ccccc4C3=C)cc2)cc1. The second-order valence-corrected chi connectivity index (χ2v) is 9.10. The summed E-state index contributed by atoms with van der Waals surface area (Å²) in [6.07, 6.45) is 7.83. The quantitative estimate of drug-likeness (QED) is 0.112. The summed E-state index contributed by atoms with van der Waals surface area (Å²) < 4.78 is 16.3. The van der Waals surface area contributed by atoms with E-state index in [-0.39, 0.29) is 5.97 Å². The molecule has 0 N–H and O–H groups in total. The molecule has 0 atom stereocenters. The molecule has 3 aromatic rings. The highest BCUT2D eigenvalue weighted by atomic mass is 16.5. The summed E-state index contributed by atoms with van der Waals surface area (Å²) >= 11 is 0. The van der Waals surface area contributed by atoms with Crippen molar-refractivity contribution in [2.45, 2.75) is 32.1 Å². The summed E-state index contributed by atoms with van der Waals surface area (Å²) in [4.78, 5) is 23.6. The fourth-order valence-electron chi connectivity index (χ4n) is 4.26. The summed E-state index contributed by atoms with van der Waals surface area (Å²) in [6.45, 7) is 8.61. The molecule has 0 bridgehead atoms. The van der Waals surface area contributed by atoms with Crippen molar-refractivity contribution < 1.29 is 23.8 Å². The number of rotatable bonds is 12. The molecule has 0 saturated heterocycles. The molecule has 0 fully saturated rings. The molecule has 0 radical (unpaired) electrons. The number of hydrogen-bond acceptors (Lipinski definition) is 5. The van der Waals surface area contributed by atoms with Crippen molar-refractivity contribution in [3.05, 3.63) is 120 Å². The van der Waals surface area contributed by atoms with Crippen molar-refractivity contribution in [3.63, 3.8) is 0 Å². The summed E-state index contributed by atoms with van der Waals surface area (Å²) in [5, 5.41) is 0. The van der Waals surface area contributed by atoms with Crippen LogP contribution in [0.4, 0.5) is 0 Å². The molecular weight excluding hydrogens is 476 g/mol. The van der Waals surface area contributed by atoms with Crippen LogP contribution in [0.3, 0.4) is 0 Å². The number of benzene rings is 3. The first-order valence-corrected chi connectivity index (χ1v) is 12.9. The molecule has 0 unspecified atom stereocenters. The van der Waals surface area contributed by atoms with Gasteiger partial charge in [0.2, 0.25) is 0 Å². The van der Waals surface area contributed by atoms with E-state index in [0.29, 0.717) is 30.3 Å². The third-order valence-electron chi connectivity index (χ3n) is 6.35. The van der Waals surface area contributed by atoms with Gasteiger partial charge in [0, 0.05) is 6.08 Å². The van der Waals surface area contributed by atoms with Crippen LogP contribution in [0.1, 0.15) is 52.7 Å². The Bertz CT molecular complexity index is 1320. The van der Waals surface area contributed by atoms with Crippen LogP contribution in [0, 0.1) is 0 Å². The van der Waals surface area contributed by atoms with Crippen LogP contribution in [0.15, 0.2) is 97.6 Å². The number of carbonyl (C=O) groups excluding carboxylic acids is 2. The van der Waals surface area contributed by atoms with Crippen LogP contribution >= 0.6 is 0 Å². The average Bonchev–Trinajstić information content (AvgIpc) is 3.26. The molecule has 4 rings (SSSR count). The number of ether oxygens (including phenoxy) is 3. The van der Waals surface area contributed by atoms with Crippen LogP contribution < -0.4 is 9.47 Å². The molecule has 0 spiro atoms. The fourth-order valence-corrected chi connectivity index (χ4v) is 4.26. The average molecular weight is 509 g/mol. The van der Waals surface area contributed by atoms with Gasteiger partial charge in [0.1, 0.15) is 11.5 Å². The Morgan fingerprint density at radius 2 is 1.50 bits per heavy atom. The zero-order chi connectivity index (χ0) is 26.7. The monoisotopic (exact) mass is 508 g/mol. The van der Waals surface area contributed by atoms with E-state index >= 15 is 0 Å². The second-order valence-electron chi connectivity index (χ2n) is 9.10. The molecule has 0 aliphatic heterocycles. The maximum absolute atomic E-state index is 12.6. The molecular formula is C33H32O5. The van der Waals surface area contributed by atoms with Crippen LogP contribution in [0.2, 0.25) is 0 Å². The number of hydrogen-bond donors (Lipinski definition) is 0. The zero-order valence-electron chi connectivity index (χ0n) is 21.5. The number of fused-ring (bicyclic) bond motifs is 1. The molecule has 1 aliphatic carbocycles. The standard InChI is InChI=1S/C33H32O5/c1-3-32(34)37-21-9-5-4-8-20-36-29-18-14-26(15-19-29)33(35)38-30-16-12-25(13-17-30)22-28-23-27-10-6-7-11-31(27)24(28)2/h3,6-7,10-19,22H,1-2,4-5,8-9,20-21,23H2/b28-22+. The van der Waals surface area contributed by atoms with E-state index in [9.17, 15) is 9.59 Å². The lowest BCUT2D eigenvalue weighted by Gasteiger charge is -2.08. The maximum atomic E-state index is 12.6. The van der Waals surface area contributed by atoms with Gasteiger partial charge in [-0.1, -0.05) is 55.6 Å². The van der Waals surface area contributed by atoms with Crippen molar-refractivity contribution in [1.29, 1.82) is 0 Å². The van der Waals surface area contributed by atoms with Gasteiger partial charge in [-0.2, -0.15) is 0 Å². The first-order chi connectivity index (χ1) is 18.5. The number of esters is 2. The van der Waals surface area contributed by atoms with Gasteiger partial charge in [-0.3, -0.25) is 0 Å². The topological polar surface area (TPSA) is 61.8 Å². The van der Waals surface area contributed by atoms with E-state index < -0.39 is 5.97 Å². The molecule has 5 nitrogen and oxygen atoms in total. The fraction of sp³-hybridized carbons (Fsp3) is 0.212.